The molecule has 5 nitrogen and oxygen atoms in total. The first-order valence-electron chi connectivity index (χ1n) is 7.83. The average Bonchev–Trinajstić information content (AvgIpc) is 3.33. The number of halogens is 2. The molecule has 0 atom stereocenters. The van der Waals surface area contributed by atoms with Crippen LogP contribution in [0.2, 0.25) is 0 Å². The fraction of sp³-hybridized carbons (Fsp3) is 0.0526. The lowest BCUT2D eigenvalue weighted by atomic mass is 10.2. The van der Waals surface area contributed by atoms with Crippen LogP contribution in [0, 0.1) is 11.6 Å². The summed E-state index contributed by atoms with van der Waals surface area (Å²) in [5, 5.41) is 3.90. The number of hydrogen-bond donors (Lipinski definition) is 0. The molecule has 0 aliphatic heterocycles. The third-order valence-corrected chi connectivity index (χ3v) is 3.74. The summed E-state index contributed by atoms with van der Waals surface area (Å²) in [6.07, 6.45) is 3.90. The summed E-state index contributed by atoms with van der Waals surface area (Å²) in [5.41, 5.74) is 1.79. The molecule has 26 heavy (non-hydrogen) atoms. The number of aromatic nitrogens is 3. The molecule has 2 aromatic carbocycles. The van der Waals surface area contributed by atoms with Crippen molar-refractivity contribution in [3.63, 3.8) is 0 Å². The Morgan fingerprint density at radius 1 is 1.00 bits per heavy atom. The maximum Gasteiger partial charge on any atom is 0.264 e. The van der Waals surface area contributed by atoms with Crippen molar-refractivity contribution in [2.24, 2.45) is 0 Å². The summed E-state index contributed by atoms with van der Waals surface area (Å²) in [4.78, 5) is 4.23. The number of rotatable bonds is 5. The van der Waals surface area contributed by atoms with Crippen LogP contribution in [0.5, 0.6) is 5.75 Å². The summed E-state index contributed by atoms with van der Waals surface area (Å²) in [7, 11) is 0. The molecule has 0 unspecified atom stereocenters. The average molecular weight is 353 g/mol. The van der Waals surface area contributed by atoms with E-state index in [0.717, 1.165) is 23.4 Å². The van der Waals surface area contributed by atoms with Crippen LogP contribution in [0.3, 0.4) is 0 Å². The maximum atomic E-state index is 13.5. The Labute approximate surface area is 147 Å². The monoisotopic (exact) mass is 353 g/mol. The van der Waals surface area contributed by atoms with Crippen LogP contribution in [0.15, 0.2) is 71.5 Å². The fourth-order valence-corrected chi connectivity index (χ4v) is 2.45. The number of hydrogen-bond acceptors (Lipinski definition) is 4. The van der Waals surface area contributed by atoms with Crippen LogP contribution in [-0.4, -0.2) is 14.7 Å². The first kappa shape index (κ1) is 16.0. The Morgan fingerprint density at radius 2 is 1.77 bits per heavy atom. The molecule has 0 saturated carbocycles. The number of nitrogens with zero attached hydrogens (tertiary/aromatic N) is 3. The van der Waals surface area contributed by atoms with Crippen LogP contribution < -0.4 is 4.74 Å². The molecule has 0 aliphatic carbocycles. The van der Waals surface area contributed by atoms with Gasteiger partial charge in [0.15, 0.2) is 18.2 Å². The summed E-state index contributed by atoms with van der Waals surface area (Å²) < 4.78 is 38.8. The van der Waals surface area contributed by atoms with Gasteiger partial charge in [0.05, 0.1) is 0 Å². The molecule has 0 N–H and O–H groups in total. The zero-order valence-corrected chi connectivity index (χ0v) is 13.5. The topological polar surface area (TPSA) is 53.1 Å². The normalized spacial score (nSPS) is 10.8. The van der Waals surface area contributed by atoms with Gasteiger partial charge in [0.2, 0.25) is 5.82 Å². The lowest BCUT2D eigenvalue weighted by Gasteiger charge is -2.04. The van der Waals surface area contributed by atoms with Gasteiger partial charge >= 0.3 is 0 Å². The number of benzene rings is 2. The van der Waals surface area contributed by atoms with Crippen molar-refractivity contribution >= 4 is 0 Å². The molecule has 130 valence electrons. The highest BCUT2D eigenvalue weighted by molar-refractivity contribution is 5.56. The van der Waals surface area contributed by atoms with E-state index in [-0.39, 0.29) is 18.2 Å². The minimum absolute atomic E-state index is 0.0813. The predicted octanol–water partition coefficient (Wildman–Crippen LogP) is 4.38. The van der Waals surface area contributed by atoms with Gasteiger partial charge in [0.1, 0.15) is 5.82 Å². The van der Waals surface area contributed by atoms with Gasteiger partial charge in [-0.1, -0.05) is 5.16 Å². The van der Waals surface area contributed by atoms with Gasteiger partial charge in [0.25, 0.3) is 5.89 Å². The molecule has 0 saturated heterocycles. The highest BCUT2D eigenvalue weighted by atomic mass is 19.1. The molecule has 4 aromatic rings. The van der Waals surface area contributed by atoms with Crippen molar-refractivity contribution in [1.29, 1.82) is 0 Å². The van der Waals surface area contributed by atoms with Crippen LogP contribution in [-0.2, 0) is 6.61 Å². The molecule has 0 spiro atoms. The quantitative estimate of drug-likeness (QED) is 0.534. The smallest absolute Gasteiger partial charge is 0.264 e. The SMILES string of the molecule is Fc1ccc(OCc2nc(-c3ccc(-n4cccc4)cc3)no2)c(F)c1. The highest BCUT2D eigenvalue weighted by Gasteiger charge is 2.11. The fourth-order valence-electron chi connectivity index (χ4n) is 2.45. The minimum atomic E-state index is -0.787. The van der Waals surface area contributed by atoms with Gasteiger partial charge in [-0.3, -0.25) is 0 Å². The van der Waals surface area contributed by atoms with Crippen molar-refractivity contribution in [1.82, 2.24) is 14.7 Å². The van der Waals surface area contributed by atoms with Gasteiger partial charge < -0.3 is 13.8 Å². The highest BCUT2D eigenvalue weighted by Crippen LogP contribution is 2.21. The molecule has 7 heteroatoms. The predicted molar refractivity (Wildman–Crippen MR) is 89.8 cm³/mol. The van der Waals surface area contributed by atoms with E-state index in [9.17, 15) is 8.78 Å². The van der Waals surface area contributed by atoms with E-state index in [1.54, 1.807) is 0 Å². The Balaban J connectivity index is 1.46. The maximum absolute atomic E-state index is 13.5. The van der Waals surface area contributed by atoms with Crippen molar-refractivity contribution in [3.05, 3.63) is 84.5 Å². The Kier molecular flexibility index (Phi) is 4.18. The Hall–Kier alpha value is -3.48. The molecule has 0 radical (unpaired) electrons. The summed E-state index contributed by atoms with van der Waals surface area (Å²) in [5.74, 6) is -0.939. The Morgan fingerprint density at radius 3 is 2.50 bits per heavy atom. The molecule has 0 bridgehead atoms. The third-order valence-electron chi connectivity index (χ3n) is 3.74. The molecular weight excluding hydrogens is 340 g/mol. The largest absolute Gasteiger partial charge is 0.481 e. The molecule has 4 rings (SSSR count). The molecule has 0 amide bonds. The van der Waals surface area contributed by atoms with Crippen molar-refractivity contribution in [2.75, 3.05) is 0 Å². The lowest BCUT2D eigenvalue weighted by molar-refractivity contribution is 0.234. The third kappa shape index (κ3) is 3.32. The van der Waals surface area contributed by atoms with Crippen LogP contribution in [0.4, 0.5) is 8.78 Å². The van der Waals surface area contributed by atoms with Crippen LogP contribution in [0.25, 0.3) is 17.1 Å². The van der Waals surface area contributed by atoms with Gasteiger partial charge in [-0.15, -0.1) is 0 Å². The second-order valence-corrected chi connectivity index (χ2v) is 5.51. The molecule has 0 aliphatic rings. The zero-order valence-electron chi connectivity index (χ0n) is 13.5. The van der Waals surface area contributed by atoms with E-state index < -0.39 is 11.6 Å². The standard InChI is InChI=1S/C19H13F2N3O2/c20-14-5-8-17(16(21)11-14)25-12-18-22-19(23-26-18)13-3-6-15(7-4-13)24-9-1-2-10-24/h1-11H,12H2. The Bertz CT molecular complexity index is 1010. The van der Waals surface area contributed by atoms with Gasteiger partial charge in [-0.05, 0) is 48.5 Å². The van der Waals surface area contributed by atoms with Gasteiger partial charge in [-0.25, -0.2) is 8.78 Å². The lowest BCUT2D eigenvalue weighted by Crippen LogP contribution is -1.98. The summed E-state index contributed by atoms with van der Waals surface area (Å²) in [6.45, 7) is -0.114. The van der Waals surface area contributed by atoms with E-state index in [4.69, 9.17) is 9.26 Å². The first-order valence-corrected chi connectivity index (χ1v) is 7.83. The molecular formula is C19H13F2N3O2. The van der Waals surface area contributed by atoms with E-state index in [0.29, 0.717) is 5.82 Å². The second-order valence-electron chi connectivity index (χ2n) is 5.51. The first-order chi connectivity index (χ1) is 12.7. The molecule has 2 heterocycles. The van der Waals surface area contributed by atoms with Crippen molar-refractivity contribution < 1.29 is 18.0 Å². The van der Waals surface area contributed by atoms with Crippen LogP contribution in [0.1, 0.15) is 5.89 Å². The zero-order chi connectivity index (χ0) is 17.9. The van der Waals surface area contributed by atoms with Crippen LogP contribution >= 0.6 is 0 Å². The minimum Gasteiger partial charge on any atom is -0.481 e. The van der Waals surface area contributed by atoms with Gasteiger partial charge in [-0.2, -0.15) is 4.98 Å². The van der Waals surface area contributed by atoms with Gasteiger partial charge in [0, 0.05) is 29.7 Å². The van der Waals surface area contributed by atoms with E-state index >= 15 is 0 Å². The number of ether oxygens (including phenoxy) is 1. The molecule has 0 fully saturated rings. The van der Waals surface area contributed by atoms with Crippen molar-refractivity contribution in [3.8, 4) is 22.8 Å². The summed E-state index contributed by atoms with van der Waals surface area (Å²) in [6, 6.07) is 14.6. The van der Waals surface area contributed by atoms with E-state index in [1.165, 1.54) is 6.07 Å². The summed E-state index contributed by atoms with van der Waals surface area (Å²) >= 11 is 0. The molecule has 2 aromatic heterocycles. The second kappa shape index (κ2) is 6.79. The van der Waals surface area contributed by atoms with E-state index in [2.05, 4.69) is 10.1 Å². The van der Waals surface area contributed by atoms with Crippen molar-refractivity contribution in [2.45, 2.75) is 6.61 Å². The van der Waals surface area contributed by atoms with E-state index in [1.807, 2.05) is 53.4 Å².